The summed E-state index contributed by atoms with van der Waals surface area (Å²) < 4.78 is 25.6. The van der Waals surface area contributed by atoms with Crippen molar-refractivity contribution in [2.24, 2.45) is 0 Å². The van der Waals surface area contributed by atoms with Crippen molar-refractivity contribution in [2.45, 2.75) is 0 Å². The zero-order valence-electron chi connectivity index (χ0n) is 23.4. The number of aromatic nitrogens is 3. The zero-order valence-corrected chi connectivity index (χ0v) is 23.4. The summed E-state index contributed by atoms with van der Waals surface area (Å²) in [5, 5.41) is 0. The molecule has 7 nitrogen and oxygen atoms in total. The minimum Gasteiger partial charge on any atom is -0.497 e. The lowest BCUT2D eigenvalue weighted by Crippen LogP contribution is -2.58. The van der Waals surface area contributed by atoms with Crippen molar-refractivity contribution in [3.8, 4) is 67.9 Å². The van der Waals surface area contributed by atoms with Crippen molar-refractivity contribution in [2.75, 3.05) is 14.2 Å². The second-order valence-corrected chi connectivity index (χ2v) is 10.4. The minimum absolute atomic E-state index is 0.258. The second-order valence-electron chi connectivity index (χ2n) is 10.4. The van der Waals surface area contributed by atoms with Gasteiger partial charge in [0.05, 0.1) is 14.2 Å². The molecule has 3 aromatic heterocycles. The maximum Gasteiger partial charge on any atom is 0.270 e. The predicted octanol–water partition coefficient (Wildman–Crippen LogP) is 5.62. The number of rotatable bonds is 5. The van der Waals surface area contributed by atoms with E-state index in [9.17, 15) is 0 Å². The van der Waals surface area contributed by atoms with Gasteiger partial charge in [-0.05, 0) is 106 Å². The molecule has 0 fully saturated rings. The van der Waals surface area contributed by atoms with E-state index in [4.69, 9.17) is 18.9 Å². The summed E-state index contributed by atoms with van der Waals surface area (Å²) in [4.78, 5) is 12.6. The van der Waals surface area contributed by atoms with Crippen LogP contribution in [0.25, 0.3) is 33.4 Å². The molecule has 43 heavy (non-hydrogen) atoms. The van der Waals surface area contributed by atoms with Gasteiger partial charge < -0.3 is 18.9 Å². The summed E-state index contributed by atoms with van der Waals surface area (Å²) in [5.74, 6) is 4.32. The fourth-order valence-corrected chi connectivity index (χ4v) is 6.14. The maximum absolute atomic E-state index is 6.73. The quantitative estimate of drug-likeness (QED) is 0.253. The molecule has 2 aliphatic rings. The molecule has 0 amide bonds. The van der Waals surface area contributed by atoms with Crippen LogP contribution in [0.1, 0.15) is 0 Å². The van der Waals surface area contributed by atoms with Crippen LogP contribution in [-0.2, 0) is 0 Å². The van der Waals surface area contributed by atoms with Gasteiger partial charge in [0.15, 0.2) is 0 Å². The molecule has 6 aromatic rings. The number of hydrogen-bond acceptors (Lipinski definition) is 7. The summed E-state index contributed by atoms with van der Waals surface area (Å²) in [6.07, 6.45) is 10.7. The number of hydrogen-bond donors (Lipinski definition) is 0. The Kier molecular flexibility index (Phi) is 5.86. The van der Waals surface area contributed by atoms with Gasteiger partial charge in [0.2, 0.25) is 0 Å². The van der Waals surface area contributed by atoms with Gasteiger partial charge in [-0.3, -0.25) is 15.0 Å². The van der Waals surface area contributed by atoms with Gasteiger partial charge in [-0.15, -0.1) is 0 Å². The van der Waals surface area contributed by atoms with Crippen LogP contribution < -0.4 is 35.3 Å². The predicted molar refractivity (Wildman–Crippen MR) is 167 cm³/mol. The summed E-state index contributed by atoms with van der Waals surface area (Å²) in [7, 11) is 3.39. The molecule has 2 aliphatic heterocycles. The highest BCUT2D eigenvalue weighted by Gasteiger charge is 2.44. The number of ether oxygens (including phenoxy) is 4. The molecule has 0 atom stereocenters. The SMILES string of the molecule is COc1cc(-c2ccncc2)cc2c1B1c3c(OC)cc(-c4ccncc4)cc3Oc3cc(-c4ccncc4)cc(c31)O2. The van der Waals surface area contributed by atoms with E-state index >= 15 is 0 Å². The van der Waals surface area contributed by atoms with Gasteiger partial charge in [-0.1, -0.05) is 0 Å². The van der Waals surface area contributed by atoms with E-state index in [-0.39, 0.29) is 6.71 Å². The van der Waals surface area contributed by atoms with Gasteiger partial charge >= 0.3 is 0 Å². The normalized spacial score (nSPS) is 12.3. The Balaban J connectivity index is 1.41. The van der Waals surface area contributed by atoms with Gasteiger partial charge in [-0.2, -0.15) is 0 Å². The van der Waals surface area contributed by atoms with Crippen LogP contribution in [0, 0.1) is 0 Å². The Morgan fingerprint density at radius 3 is 1.12 bits per heavy atom. The van der Waals surface area contributed by atoms with E-state index in [1.54, 1.807) is 51.4 Å². The Labute approximate surface area is 248 Å². The average molecular weight is 561 g/mol. The third-order valence-corrected chi connectivity index (χ3v) is 8.10. The molecule has 0 aliphatic carbocycles. The molecular formula is C35H24BN3O4. The highest BCUT2D eigenvalue weighted by molar-refractivity contribution is 6.99. The lowest BCUT2D eigenvalue weighted by Gasteiger charge is -2.35. The van der Waals surface area contributed by atoms with Crippen molar-refractivity contribution in [1.82, 2.24) is 15.0 Å². The Morgan fingerprint density at radius 1 is 0.442 bits per heavy atom. The Bertz CT molecular complexity index is 1880. The zero-order chi connectivity index (χ0) is 28.9. The van der Waals surface area contributed by atoms with Crippen molar-refractivity contribution < 1.29 is 18.9 Å². The molecule has 0 N–H and O–H groups in total. The molecule has 3 aromatic carbocycles. The van der Waals surface area contributed by atoms with E-state index in [1.807, 2.05) is 36.4 Å². The van der Waals surface area contributed by atoms with Crippen molar-refractivity contribution in [1.29, 1.82) is 0 Å². The smallest absolute Gasteiger partial charge is 0.270 e. The standard InChI is InChI=1S/C35H24BN3O4/c1-40-27-15-24(21-3-9-37-10-4-21)17-29-33(27)36-34-28(41-2)16-25(22-5-11-38-12-6-22)18-30(34)43-32-20-26(19-31(42-29)35(32)36)23-7-13-39-14-8-23/h3-20H,1-2H3. The molecule has 5 heterocycles. The summed E-state index contributed by atoms with van der Waals surface area (Å²) in [6.45, 7) is -0.258. The monoisotopic (exact) mass is 561 g/mol. The van der Waals surface area contributed by atoms with Gasteiger partial charge in [-0.25, -0.2) is 0 Å². The molecule has 0 saturated heterocycles. The van der Waals surface area contributed by atoms with Crippen molar-refractivity contribution >= 4 is 23.1 Å². The number of pyridine rings is 3. The molecule has 0 bridgehead atoms. The van der Waals surface area contributed by atoms with Crippen LogP contribution in [0.15, 0.2) is 110 Å². The first kappa shape index (κ1) is 25.1. The topological polar surface area (TPSA) is 75.6 Å². The molecule has 8 rings (SSSR count). The third kappa shape index (κ3) is 4.10. The van der Waals surface area contributed by atoms with E-state index in [2.05, 4.69) is 51.4 Å². The van der Waals surface area contributed by atoms with Crippen LogP contribution in [0.3, 0.4) is 0 Å². The minimum atomic E-state index is -0.258. The largest absolute Gasteiger partial charge is 0.497 e. The van der Waals surface area contributed by atoms with Crippen LogP contribution >= 0.6 is 0 Å². The second kappa shape index (κ2) is 10.0. The molecule has 0 unspecified atom stereocenters. The summed E-state index contributed by atoms with van der Waals surface area (Å²) >= 11 is 0. The fraction of sp³-hybridized carbons (Fsp3) is 0.0571. The Hall–Kier alpha value is -5.63. The number of methoxy groups -OCH3 is 2. The molecule has 206 valence electrons. The first-order chi connectivity index (χ1) is 21.2. The van der Waals surface area contributed by atoms with Crippen LogP contribution in [-0.4, -0.2) is 35.9 Å². The van der Waals surface area contributed by atoms with E-state index in [0.29, 0.717) is 0 Å². The first-order valence-electron chi connectivity index (χ1n) is 13.9. The highest BCUT2D eigenvalue weighted by atomic mass is 16.5. The van der Waals surface area contributed by atoms with E-state index < -0.39 is 0 Å². The van der Waals surface area contributed by atoms with Gasteiger partial charge in [0.25, 0.3) is 6.71 Å². The molecule has 0 radical (unpaired) electrons. The Morgan fingerprint density at radius 2 is 0.767 bits per heavy atom. The van der Waals surface area contributed by atoms with Gasteiger partial charge in [0, 0.05) is 53.6 Å². The van der Waals surface area contributed by atoms with Gasteiger partial charge in [0.1, 0.15) is 34.5 Å². The first-order valence-corrected chi connectivity index (χ1v) is 13.9. The molecular weight excluding hydrogens is 537 g/mol. The molecule has 0 spiro atoms. The van der Waals surface area contributed by atoms with Crippen molar-refractivity contribution in [3.05, 3.63) is 110 Å². The average Bonchev–Trinajstić information content (AvgIpc) is 3.07. The summed E-state index contributed by atoms with van der Waals surface area (Å²) in [6, 6.07) is 24.3. The highest BCUT2D eigenvalue weighted by Crippen LogP contribution is 2.43. The molecule has 0 saturated carbocycles. The molecule has 8 heteroatoms. The van der Waals surface area contributed by atoms with E-state index in [1.165, 1.54) is 0 Å². The number of nitrogens with zero attached hydrogens (tertiary/aromatic N) is 3. The van der Waals surface area contributed by atoms with Crippen molar-refractivity contribution in [3.63, 3.8) is 0 Å². The lowest BCUT2D eigenvalue weighted by molar-refractivity contribution is 0.409. The summed E-state index contributed by atoms with van der Waals surface area (Å²) in [5.41, 5.74) is 8.74. The third-order valence-electron chi connectivity index (χ3n) is 8.10. The number of fused-ring (bicyclic) bond motifs is 4. The van der Waals surface area contributed by atoms with Crippen LogP contribution in [0.5, 0.6) is 34.5 Å². The fourth-order valence-electron chi connectivity index (χ4n) is 6.14. The van der Waals surface area contributed by atoms with Crippen LogP contribution in [0.2, 0.25) is 0 Å². The number of benzene rings is 3. The lowest BCUT2D eigenvalue weighted by atomic mass is 9.34. The maximum atomic E-state index is 6.73. The van der Waals surface area contributed by atoms with E-state index in [0.717, 1.165) is 84.3 Å². The van der Waals surface area contributed by atoms with Crippen LogP contribution in [0.4, 0.5) is 0 Å².